The lowest BCUT2D eigenvalue weighted by Gasteiger charge is -2.13. The fourth-order valence-corrected chi connectivity index (χ4v) is 4.20. The number of hydrogen-bond acceptors (Lipinski definition) is 7. The number of nitrogens with one attached hydrogen (secondary N) is 2. The molecule has 0 aliphatic rings. The van der Waals surface area contributed by atoms with Crippen molar-refractivity contribution in [2.75, 3.05) is 25.6 Å². The molecular weight excluding hydrogens is 570 g/mol. The van der Waals surface area contributed by atoms with Gasteiger partial charge in [-0.3, -0.25) is 9.59 Å². The van der Waals surface area contributed by atoms with E-state index in [1.807, 2.05) is 68.4 Å². The number of carbonyl (C=O) groups excluding carboxylic acids is 2. The van der Waals surface area contributed by atoms with Gasteiger partial charge >= 0.3 is 0 Å². The topological polar surface area (TPSA) is 107 Å². The molecule has 0 spiro atoms. The highest BCUT2D eigenvalue weighted by molar-refractivity contribution is 6.32. The third-order valence-electron chi connectivity index (χ3n) is 6.06. The number of ether oxygens (including phenoxy) is 4. The molecule has 4 rings (SSSR count). The third kappa shape index (κ3) is 8.98. The zero-order valence-electron chi connectivity index (χ0n) is 24.1. The second-order valence-electron chi connectivity index (χ2n) is 9.30. The number of carbonyl (C=O) groups is 2. The van der Waals surface area contributed by atoms with Crippen LogP contribution in [0.15, 0.2) is 90.0 Å². The Morgan fingerprint density at radius 2 is 1.65 bits per heavy atom. The van der Waals surface area contributed by atoms with Gasteiger partial charge in [0.1, 0.15) is 6.61 Å². The number of aryl methyl sites for hydroxylation is 1. The molecule has 222 valence electrons. The van der Waals surface area contributed by atoms with Crippen molar-refractivity contribution < 1.29 is 28.5 Å². The zero-order chi connectivity index (χ0) is 30.6. The van der Waals surface area contributed by atoms with Crippen molar-refractivity contribution in [3.8, 4) is 23.0 Å². The highest BCUT2D eigenvalue weighted by atomic mass is 35.5. The second-order valence-corrected chi connectivity index (χ2v) is 9.71. The average molecular weight is 602 g/mol. The molecule has 0 aliphatic heterocycles. The Kier molecular flexibility index (Phi) is 11.0. The Hall–Kier alpha value is -5.02. The summed E-state index contributed by atoms with van der Waals surface area (Å²) in [6.45, 7) is 4.32. The molecule has 10 heteroatoms. The smallest absolute Gasteiger partial charge is 0.271 e. The van der Waals surface area contributed by atoms with Crippen LogP contribution in [-0.4, -0.2) is 38.4 Å². The zero-order valence-corrected chi connectivity index (χ0v) is 24.8. The Bertz CT molecular complexity index is 1580. The molecule has 0 unspecified atom stereocenters. The van der Waals surface area contributed by atoms with Crippen LogP contribution in [-0.2, 0) is 11.4 Å². The predicted octanol–water partition coefficient (Wildman–Crippen LogP) is 6.42. The van der Waals surface area contributed by atoms with Gasteiger partial charge in [-0.25, -0.2) is 5.43 Å². The van der Waals surface area contributed by atoms with Gasteiger partial charge in [-0.1, -0.05) is 59.6 Å². The van der Waals surface area contributed by atoms with Crippen molar-refractivity contribution in [3.63, 3.8) is 0 Å². The number of rotatable bonds is 13. The number of hydrogen-bond donors (Lipinski definition) is 2. The fraction of sp³-hybridized carbons (Fsp3) is 0.182. The summed E-state index contributed by atoms with van der Waals surface area (Å²) in [5.74, 6) is 0.707. The van der Waals surface area contributed by atoms with Crippen molar-refractivity contribution in [1.82, 2.24) is 5.43 Å². The molecule has 0 saturated heterocycles. The van der Waals surface area contributed by atoms with Gasteiger partial charge in [0.25, 0.3) is 11.8 Å². The normalized spacial score (nSPS) is 10.7. The summed E-state index contributed by atoms with van der Waals surface area (Å²) in [5.41, 5.74) is 6.14. The van der Waals surface area contributed by atoms with Crippen LogP contribution in [0, 0.1) is 6.92 Å². The maximum atomic E-state index is 12.8. The first kappa shape index (κ1) is 30.9. The molecule has 2 N–H and O–H groups in total. The second kappa shape index (κ2) is 15.3. The van der Waals surface area contributed by atoms with Crippen LogP contribution in [0.4, 0.5) is 5.69 Å². The van der Waals surface area contributed by atoms with Crippen LogP contribution in [0.1, 0.15) is 34.0 Å². The molecule has 2 amide bonds. The summed E-state index contributed by atoms with van der Waals surface area (Å²) in [5, 5.41) is 7.02. The van der Waals surface area contributed by atoms with Crippen LogP contribution >= 0.6 is 11.6 Å². The number of nitrogens with zero attached hydrogens (tertiary/aromatic N) is 1. The van der Waals surface area contributed by atoms with Crippen molar-refractivity contribution in [3.05, 3.63) is 112 Å². The average Bonchev–Trinajstić information content (AvgIpc) is 3.01. The molecule has 0 aromatic heterocycles. The lowest BCUT2D eigenvalue weighted by atomic mass is 10.2. The van der Waals surface area contributed by atoms with E-state index in [1.54, 1.807) is 30.3 Å². The monoisotopic (exact) mass is 601 g/mol. The van der Waals surface area contributed by atoms with E-state index in [4.69, 9.17) is 30.5 Å². The standard InChI is InChI=1S/C33H32ClN3O6/c1-4-41-29-18-25(12-15-28(29)42-20-23-8-6-5-7-9-23)33(39)37-35-19-24-16-27(34)32(30(17-24)40-3)43-21-31(38)36-26-13-10-22(2)11-14-26/h5-19H,4,20-21H2,1-3H3,(H,36,38)(H,37,39)/b35-19+. The van der Waals surface area contributed by atoms with Crippen LogP contribution in [0.3, 0.4) is 0 Å². The van der Waals surface area contributed by atoms with Crippen LogP contribution < -0.4 is 29.7 Å². The first-order valence-corrected chi connectivity index (χ1v) is 13.9. The maximum Gasteiger partial charge on any atom is 0.271 e. The Morgan fingerprint density at radius 3 is 2.37 bits per heavy atom. The van der Waals surface area contributed by atoms with Gasteiger partial charge < -0.3 is 24.3 Å². The summed E-state index contributed by atoms with van der Waals surface area (Å²) in [4.78, 5) is 25.1. The van der Waals surface area contributed by atoms with E-state index in [1.165, 1.54) is 13.3 Å². The minimum absolute atomic E-state index is 0.211. The number of hydrazone groups is 1. The number of anilines is 1. The van der Waals surface area contributed by atoms with Crippen molar-refractivity contribution in [2.45, 2.75) is 20.5 Å². The van der Waals surface area contributed by atoms with Gasteiger partial charge in [-0.05, 0) is 67.4 Å². The quantitative estimate of drug-likeness (QED) is 0.135. The van der Waals surface area contributed by atoms with E-state index in [0.29, 0.717) is 47.3 Å². The van der Waals surface area contributed by atoms with E-state index in [2.05, 4.69) is 15.8 Å². The molecule has 0 aliphatic carbocycles. The molecule has 0 radical (unpaired) electrons. The van der Waals surface area contributed by atoms with Gasteiger partial charge in [0.15, 0.2) is 29.6 Å². The Labute approximate surface area is 255 Å². The molecule has 0 bridgehead atoms. The molecule has 0 fully saturated rings. The first-order valence-electron chi connectivity index (χ1n) is 13.5. The molecule has 0 atom stereocenters. The summed E-state index contributed by atoms with van der Waals surface area (Å²) in [6, 6.07) is 25.3. The van der Waals surface area contributed by atoms with Crippen molar-refractivity contribution in [2.24, 2.45) is 5.10 Å². The summed E-state index contributed by atoms with van der Waals surface area (Å²) in [6.07, 6.45) is 1.42. The maximum absolute atomic E-state index is 12.8. The molecule has 0 heterocycles. The molecule has 9 nitrogen and oxygen atoms in total. The van der Waals surface area contributed by atoms with Gasteiger partial charge in [0.2, 0.25) is 0 Å². The summed E-state index contributed by atoms with van der Waals surface area (Å²) >= 11 is 6.43. The number of benzene rings is 4. The van der Waals surface area contributed by atoms with E-state index >= 15 is 0 Å². The van der Waals surface area contributed by atoms with Gasteiger partial charge in [0.05, 0.1) is 25.0 Å². The van der Waals surface area contributed by atoms with Gasteiger partial charge in [-0.15, -0.1) is 0 Å². The summed E-state index contributed by atoms with van der Waals surface area (Å²) < 4.78 is 22.7. The van der Waals surface area contributed by atoms with Crippen LogP contribution in [0.2, 0.25) is 5.02 Å². The predicted molar refractivity (Wildman–Crippen MR) is 167 cm³/mol. The highest BCUT2D eigenvalue weighted by Crippen LogP contribution is 2.36. The molecular formula is C33H32ClN3O6. The van der Waals surface area contributed by atoms with Crippen molar-refractivity contribution in [1.29, 1.82) is 0 Å². The number of methoxy groups -OCH3 is 1. The van der Waals surface area contributed by atoms with E-state index in [0.717, 1.165) is 11.1 Å². The molecule has 4 aromatic carbocycles. The molecule has 0 saturated carbocycles. The summed E-state index contributed by atoms with van der Waals surface area (Å²) in [7, 11) is 1.46. The largest absolute Gasteiger partial charge is 0.493 e. The minimum atomic E-state index is -0.440. The fourth-order valence-electron chi connectivity index (χ4n) is 3.93. The third-order valence-corrected chi connectivity index (χ3v) is 6.34. The van der Waals surface area contributed by atoms with E-state index in [9.17, 15) is 9.59 Å². The highest BCUT2D eigenvalue weighted by Gasteiger charge is 2.15. The van der Waals surface area contributed by atoms with Crippen molar-refractivity contribution >= 4 is 35.3 Å². The van der Waals surface area contributed by atoms with Crippen LogP contribution in [0.5, 0.6) is 23.0 Å². The Morgan fingerprint density at radius 1 is 0.884 bits per heavy atom. The molecule has 43 heavy (non-hydrogen) atoms. The lowest BCUT2D eigenvalue weighted by Crippen LogP contribution is -2.20. The Balaban J connectivity index is 1.36. The SMILES string of the molecule is CCOc1cc(C(=O)N/N=C/c2cc(Cl)c(OCC(=O)Nc3ccc(C)cc3)c(OC)c2)ccc1OCc1ccccc1. The molecule has 4 aromatic rings. The van der Waals surface area contributed by atoms with Crippen LogP contribution in [0.25, 0.3) is 0 Å². The van der Waals surface area contributed by atoms with Gasteiger partial charge in [0, 0.05) is 11.3 Å². The number of amides is 2. The minimum Gasteiger partial charge on any atom is -0.493 e. The van der Waals surface area contributed by atoms with E-state index < -0.39 is 5.91 Å². The number of halogens is 1. The van der Waals surface area contributed by atoms with E-state index in [-0.39, 0.29) is 23.3 Å². The lowest BCUT2D eigenvalue weighted by molar-refractivity contribution is -0.118. The first-order chi connectivity index (χ1) is 20.9. The van der Waals surface area contributed by atoms with Gasteiger partial charge in [-0.2, -0.15) is 5.10 Å².